The third-order valence-corrected chi connectivity index (χ3v) is 16.9. The van der Waals surface area contributed by atoms with Crippen LogP contribution < -0.4 is 5.32 Å². The number of aliphatic hydroxyl groups excluding tert-OH is 11. The van der Waals surface area contributed by atoms with E-state index in [4.69, 9.17) is 28.4 Å². The Labute approximate surface area is 522 Å². The second-order valence-corrected chi connectivity index (χ2v) is 24.3. The van der Waals surface area contributed by atoms with Crippen LogP contribution in [-0.4, -0.2) is 193 Å². The lowest BCUT2D eigenvalue weighted by Gasteiger charge is -2.48. The van der Waals surface area contributed by atoms with Crippen LogP contribution in [0.5, 0.6) is 0 Å². The van der Waals surface area contributed by atoms with Crippen molar-refractivity contribution in [2.24, 2.45) is 0 Å². The summed E-state index contributed by atoms with van der Waals surface area (Å²) in [6.07, 6.45) is 33.5. The molecule has 3 aliphatic heterocycles. The fourth-order valence-electron chi connectivity index (χ4n) is 11.4. The molecule has 0 saturated carbocycles. The van der Waals surface area contributed by atoms with Gasteiger partial charge in [0, 0.05) is 6.42 Å². The van der Waals surface area contributed by atoms with Crippen molar-refractivity contribution in [1.82, 2.24) is 5.32 Å². The molecule has 3 saturated heterocycles. The van der Waals surface area contributed by atoms with Gasteiger partial charge in [-0.2, -0.15) is 0 Å². The molecule has 17 atom stereocenters. The molecule has 3 heterocycles. The lowest BCUT2D eigenvalue weighted by molar-refractivity contribution is -0.379. The maximum absolute atomic E-state index is 13.3. The fourth-order valence-corrected chi connectivity index (χ4v) is 11.4. The first-order valence-corrected chi connectivity index (χ1v) is 34.0. The maximum atomic E-state index is 13.3. The fraction of sp³-hybridized carbons (Fsp3) is 0.838. The van der Waals surface area contributed by atoms with Crippen LogP contribution in [0.25, 0.3) is 0 Å². The molecule has 0 aromatic rings. The van der Waals surface area contributed by atoms with E-state index in [-0.39, 0.29) is 18.9 Å². The summed E-state index contributed by atoms with van der Waals surface area (Å²) in [6.45, 7) is 1.62. The minimum atomic E-state index is -1.98. The van der Waals surface area contributed by atoms with Crippen molar-refractivity contribution in [2.75, 3.05) is 26.4 Å². The van der Waals surface area contributed by atoms with E-state index in [2.05, 4.69) is 61.7 Å². The van der Waals surface area contributed by atoms with Crippen molar-refractivity contribution < 1.29 is 89.4 Å². The van der Waals surface area contributed by atoms with Crippen molar-refractivity contribution >= 4 is 5.91 Å². The number of nitrogens with one attached hydrogen (secondary N) is 1. The highest BCUT2D eigenvalue weighted by Crippen LogP contribution is 2.33. The number of carbonyl (C=O) groups excluding carboxylic acids is 1. The SMILES string of the molecule is CC/C=C\C/C=C\C/C=C\C/C=C\C/C=C\CC(=O)NC(COC1OC(CO)C(OC2OC(CO)C(OC3OC(CO)C(O)C(O)C3O)C(O)C2O)C(O)C1O)C(O)CCCCCCCCCCCCCCCCCCCCCCCCCCCCC. The Balaban J connectivity index is 1.43. The second-order valence-electron chi connectivity index (χ2n) is 24.3. The number of amides is 1. The zero-order valence-corrected chi connectivity index (χ0v) is 53.2. The van der Waals surface area contributed by atoms with E-state index < -0.39 is 124 Å². The van der Waals surface area contributed by atoms with E-state index in [0.29, 0.717) is 19.3 Å². The van der Waals surface area contributed by atoms with Gasteiger partial charge in [0.1, 0.15) is 73.2 Å². The molecule has 3 aliphatic rings. The van der Waals surface area contributed by atoms with E-state index in [9.17, 15) is 61.0 Å². The Hall–Kier alpha value is -2.51. The van der Waals surface area contributed by atoms with Gasteiger partial charge in [0.15, 0.2) is 18.9 Å². The van der Waals surface area contributed by atoms with E-state index in [1.54, 1.807) is 6.08 Å². The standard InChI is InChI=1S/C68H121NO18/c1-3-5-7-9-11-13-15-17-19-20-21-22-23-24-25-26-27-28-29-30-32-33-35-37-39-41-43-45-52(73)51(69-56(74)46-44-42-40-38-36-34-31-18-16-14-12-10-8-6-4-2)50-82-66-62(80)59(77)64(54(48-71)84-66)87-68-63(81)60(78)65(55(49-72)85-68)86-67-61(79)58(76)57(75)53(47-70)83-67/h6,8,12,14,18,31,36,38,42,44,51-55,57-68,70-73,75-81H,3-5,7,9-11,13,15-17,19-30,32-35,37,39-41,43,45-50H2,1-2H3,(H,69,74)/b8-6-,14-12-,31-18-,38-36-,44-42-. The minimum absolute atomic E-state index is 0.0325. The summed E-state index contributed by atoms with van der Waals surface area (Å²) < 4.78 is 34.3. The molecule has 0 aliphatic carbocycles. The van der Waals surface area contributed by atoms with Gasteiger partial charge in [0.25, 0.3) is 0 Å². The number of unbranched alkanes of at least 4 members (excludes halogenated alkanes) is 26. The Morgan fingerprint density at radius 3 is 1.14 bits per heavy atom. The van der Waals surface area contributed by atoms with Gasteiger partial charge >= 0.3 is 0 Å². The number of carbonyl (C=O) groups is 1. The van der Waals surface area contributed by atoms with Crippen molar-refractivity contribution in [3.63, 3.8) is 0 Å². The number of hydrogen-bond donors (Lipinski definition) is 12. The average Bonchev–Trinajstić information content (AvgIpc) is 2.90. The first kappa shape index (κ1) is 78.7. The highest BCUT2D eigenvalue weighted by atomic mass is 16.8. The van der Waals surface area contributed by atoms with Crippen LogP contribution in [-0.2, 0) is 33.2 Å². The molecule has 506 valence electrons. The molecule has 19 heteroatoms. The van der Waals surface area contributed by atoms with Crippen LogP contribution >= 0.6 is 0 Å². The summed E-state index contributed by atoms with van der Waals surface area (Å²) in [6, 6.07) is -0.945. The summed E-state index contributed by atoms with van der Waals surface area (Å²) in [5.41, 5.74) is 0. The van der Waals surface area contributed by atoms with Crippen LogP contribution in [0.1, 0.15) is 232 Å². The van der Waals surface area contributed by atoms with Crippen molar-refractivity contribution in [2.45, 2.75) is 336 Å². The summed E-state index contributed by atoms with van der Waals surface area (Å²) in [5, 5.41) is 120. The van der Waals surface area contributed by atoms with Gasteiger partial charge in [0.05, 0.1) is 38.6 Å². The third-order valence-electron chi connectivity index (χ3n) is 16.9. The predicted molar refractivity (Wildman–Crippen MR) is 337 cm³/mol. The van der Waals surface area contributed by atoms with Crippen LogP contribution in [0.15, 0.2) is 60.8 Å². The average molecular weight is 1240 g/mol. The Morgan fingerprint density at radius 1 is 0.414 bits per heavy atom. The van der Waals surface area contributed by atoms with E-state index in [0.717, 1.165) is 44.9 Å². The van der Waals surface area contributed by atoms with E-state index in [1.807, 2.05) is 12.2 Å². The van der Waals surface area contributed by atoms with Crippen molar-refractivity contribution in [1.29, 1.82) is 0 Å². The van der Waals surface area contributed by atoms with Gasteiger partial charge < -0.3 is 89.9 Å². The summed E-state index contributed by atoms with van der Waals surface area (Å²) in [4.78, 5) is 13.3. The molecule has 19 nitrogen and oxygen atoms in total. The molecule has 1 amide bonds. The Morgan fingerprint density at radius 2 is 0.747 bits per heavy atom. The summed E-state index contributed by atoms with van der Waals surface area (Å²) in [7, 11) is 0. The highest BCUT2D eigenvalue weighted by molar-refractivity contribution is 5.77. The molecule has 0 aromatic carbocycles. The van der Waals surface area contributed by atoms with Crippen molar-refractivity contribution in [3.8, 4) is 0 Å². The molecule has 87 heavy (non-hydrogen) atoms. The third kappa shape index (κ3) is 32.6. The largest absolute Gasteiger partial charge is 0.394 e. The summed E-state index contributed by atoms with van der Waals surface area (Å²) in [5.74, 6) is -0.369. The van der Waals surface area contributed by atoms with Gasteiger partial charge in [0.2, 0.25) is 5.91 Å². The van der Waals surface area contributed by atoms with Crippen LogP contribution in [0.2, 0.25) is 0 Å². The quantitative estimate of drug-likeness (QED) is 0.0201. The second kappa shape index (κ2) is 50.1. The first-order valence-electron chi connectivity index (χ1n) is 34.0. The number of hydrogen-bond acceptors (Lipinski definition) is 18. The van der Waals surface area contributed by atoms with Gasteiger partial charge in [-0.1, -0.05) is 248 Å². The number of aliphatic hydroxyl groups is 11. The number of ether oxygens (including phenoxy) is 6. The molecule has 3 fully saturated rings. The maximum Gasteiger partial charge on any atom is 0.224 e. The molecule has 0 spiro atoms. The molecule has 17 unspecified atom stereocenters. The van der Waals surface area contributed by atoms with E-state index in [1.165, 1.54) is 148 Å². The highest BCUT2D eigenvalue weighted by Gasteiger charge is 2.53. The molecular weight excluding hydrogens is 1120 g/mol. The minimum Gasteiger partial charge on any atom is -0.394 e. The number of rotatable bonds is 51. The molecule has 12 N–H and O–H groups in total. The van der Waals surface area contributed by atoms with Crippen LogP contribution in [0.4, 0.5) is 0 Å². The normalized spacial score (nSPS) is 29.0. The van der Waals surface area contributed by atoms with Gasteiger partial charge in [-0.25, -0.2) is 0 Å². The van der Waals surface area contributed by atoms with Crippen LogP contribution in [0, 0.1) is 0 Å². The van der Waals surface area contributed by atoms with Gasteiger partial charge in [-0.05, 0) is 38.5 Å². The molecular formula is C68H121NO18. The van der Waals surface area contributed by atoms with Crippen molar-refractivity contribution in [3.05, 3.63) is 60.8 Å². The smallest absolute Gasteiger partial charge is 0.224 e. The zero-order valence-electron chi connectivity index (χ0n) is 53.2. The molecule has 0 radical (unpaired) electrons. The Bertz CT molecular complexity index is 1820. The molecule has 0 aromatic heterocycles. The van der Waals surface area contributed by atoms with Crippen LogP contribution in [0.3, 0.4) is 0 Å². The van der Waals surface area contributed by atoms with Gasteiger partial charge in [-0.15, -0.1) is 0 Å². The monoisotopic (exact) mass is 1240 g/mol. The first-order chi connectivity index (χ1) is 42.3. The lowest BCUT2D eigenvalue weighted by atomic mass is 9.96. The van der Waals surface area contributed by atoms with Gasteiger partial charge in [-0.3, -0.25) is 4.79 Å². The lowest BCUT2D eigenvalue weighted by Crippen LogP contribution is -2.66. The zero-order chi connectivity index (χ0) is 63.3. The molecule has 3 rings (SSSR count). The topological polar surface area (TPSA) is 307 Å². The summed E-state index contributed by atoms with van der Waals surface area (Å²) >= 11 is 0. The number of allylic oxidation sites excluding steroid dienone is 9. The molecule has 0 bridgehead atoms. The predicted octanol–water partition coefficient (Wildman–Crippen LogP) is 8.38. The van der Waals surface area contributed by atoms with E-state index >= 15 is 0 Å². The Kier molecular flexibility index (Phi) is 45.3.